The van der Waals surface area contributed by atoms with E-state index in [-0.39, 0.29) is 5.15 Å². The molecule has 1 atom stereocenters. The van der Waals surface area contributed by atoms with E-state index in [1.54, 1.807) is 6.07 Å². The summed E-state index contributed by atoms with van der Waals surface area (Å²) < 4.78 is 0. The van der Waals surface area contributed by atoms with Crippen LogP contribution < -0.4 is 5.32 Å². The van der Waals surface area contributed by atoms with E-state index in [2.05, 4.69) is 22.2 Å². The molecule has 1 aromatic heterocycles. The van der Waals surface area contributed by atoms with Gasteiger partial charge in [-0.2, -0.15) is 0 Å². The second kappa shape index (κ2) is 6.29. The van der Waals surface area contributed by atoms with E-state index in [1.807, 2.05) is 0 Å². The average molecular weight is 309 g/mol. The Labute approximate surface area is 122 Å². The molecule has 1 fully saturated rings. The SMILES string of the molecule is CN1CCCC(CNc2nc(Cl)c(Cl)cc2Cl)C1. The molecule has 1 unspecified atom stereocenters. The van der Waals surface area contributed by atoms with Gasteiger partial charge in [0.25, 0.3) is 0 Å². The number of anilines is 1. The van der Waals surface area contributed by atoms with Gasteiger partial charge < -0.3 is 10.2 Å². The standard InChI is InChI=1S/C12H16Cl3N3/c1-18-4-2-3-8(7-18)6-16-12-10(14)5-9(13)11(15)17-12/h5,8H,2-4,6-7H2,1H3,(H,16,17). The van der Waals surface area contributed by atoms with Crippen LogP contribution in [0.3, 0.4) is 0 Å². The van der Waals surface area contributed by atoms with Crippen LogP contribution in [0.15, 0.2) is 6.07 Å². The molecule has 1 N–H and O–H groups in total. The van der Waals surface area contributed by atoms with Gasteiger partial charge in [0.05, 0.1) is 10.0 Å². The molecule has 0 aromatic carbocycles. The summed E-state index contributed by atoms with van der Waals surface area (Å²) in [5.41, 5.74) is 0. The normalized spacial score (nSPS) is 21.0. The van der Waals surface area contributed by atoms with Crippen molar-refractivity contribution in [3.8, 4) is 0 Å². The van der Waals surface area contributed by atoms with E-state index in [4.69, 9.17) is 34.8 Å². The highest BCUT2D eigenvalue weighted by Gasteiger charge is 2.17. The maximum absolute atomic E-state index is 6.07. The van der Waals surface area contributed by atoms with E-state index in [1.165, 1.54) is 19.4 Å². The summed E-state index contributed by atoms with van der Waals surface area (Å²) in [4.78, 5) is 6.50. The minimum absolute atomic E-state index is 0.282. The molecule has 0 spiro atoms. The molecule has 1 saturated heterocycles. The zero-order valence-electron chi connectivity index (χ0n) is 10.2. The van der Waals surface area contributed by atoms with E-state index in [0.29, 0.717) is 21.8 Å². The van der Waals surface area contributed by atoms with Crippen LogP contribution in [0.5, 0.6) is 0 Å². The number of hydrogen-bond donors (Lipinski definition) is 1. The van der Waals surface area contributed by atoms with Crippen molar-refractivity contribution in [1.29, 1.82) is 0 Å². The van der Waals surface area contributed by atoms with Crippen molar-refractivity contribution in [1.82, 2.24) is 9.88 Å². The molecule has 3 nitrogen and oxygen atoms in total. The lowest BCUT2D eigenvalue weighted by Gasteiger charge is -2.29. The van der Waals surface area contributed by atoms with Crippen LogP contribution in [-0.4, -0.2) is 36.6 Å². The first kappa shape index (κ1) is 14.2. The fourth-order valence-corrected chi connectivity index (χ4v) is 2.81. The van der Waals surface area contributed by atoms with Gasteiger partial charge in [0.2, 0.25) is 0 Å². The van der Waals surface area contributed by atoms with Gasteiger partial charge in [-0.25, -0.2) is 4.98 Å². The monoisotopic (exact) mass is 307 g/mol. The van der Waals surface area contributed by atoms with Crippen molar-refractivity contribution in [3.05, 3.63) is 21.3 Å². The largest absolute Gasteiger partial charge is 0.368 e. The number of piperidine rings is 1. The summed E-state index contributed by atoms with van der Waals surface area (Å²) >= 11 is 17.8. The lowest BCUT2D eigenvalue weighted by atomic mass is 9.98. The number of hydrogen-bond acceptors (Lipinski definition) is 3. The topological polar surface area (TPSA) is 28.2 Å². The third-order valence-corrected chi connectivity index (χ3v) is 4.13. The van der Waals surface area contributed by atoms with Crippen LogP contribution in [0.1, 0.15) is 12.8 Å². The second-order valence-electron chi connectivity index (χ2n) is 4.74. The second-order valence-corrected chi connectivity index (χ2v) is 5.92. The summed E-state index contributed by atoms with van der Waals surface area (Å²) in [7, 11) is 2.15. The molecular weight excluding hydrogens is 293 g/mol. The Morgan fingerprint density at radius 2 is 2.17 bits per heavy atom. The quantitative estimate of drug-likeness (QED) is 0.861. The number of nitrogens with one attached hydrogen (secondary N) is 1. The Bertz CT molecular complexity index is 425. The minimum Gasteiger partial charge on any atom is -0.368 e. The highest BCUT2D eigenvalue weighted by Crippen LogP contribution is 2.29. The van der Waals surface area contributed by atoms with Gasteiger partial charge in [-0.3, -0.25) is 0 Å². The molecule has 1 aliphatic heterocycles. The van der Waals surface area contributed by atoms with Crippen LogP contribution in [-0.2, 0) is 0 Å². The molecule has 0 amide bonds. The van der Waals surface area contributed by atoms with Gasteiger partial charge in [0, 0.05) is 13.1 Å². The minimum atomic E-state index is 0.282. The van der Waals surface area contributed by atoms with Gasteiger partial charge >= 0.3 is 0 Å². The van der Waals surface area contributed by atoms with Gasteiger partial charge in [0.1, 0.15) is 11.0 Å². The highest BCUT2D eigenvalue weighted by molar-refractivity contribution is 6.42. The summed E-state index contributed by atoms with van der Waals surface area (Å²) in [5, 5.41) is 4.43. The van der Waals surface area contributed by atoms with Crippen molar-refractivity contribution < 1.29 is 0 Å². The zero-order valence-corrected chi connectivity index (χ0v) is 12.5. The molecule has 0 aliphatic carbocycles. The van der Waals surface area contributed by atoms with E-state index < -0.39 is 0 Å². The van der Waals surface area contributed by atoms with E-state index >= 15 is 0 Å². The number of aromatic nitrogens is 1. The van der Waals surface area contributed by atoms with Crippen LogP contribution in [0.25, 0.3) is 0 Å². The third-order valence-electron chi connectivity index (χ3n) is 3.17. The Hall–Kier alpha value is -0.220. The molecule has 100 valence electrons. The van der Waals surface area contributed by atoms with Crippen molar-refractivity contribution in [2.75, 3.05) is 32.0 Å². The third kappa shape index (κ3) is 3.64. The van der Waals surface area contributed by atoms with E-state index in [0.717, 1.165) is 13.1 Å². The molecule has 0 saturated carbocycles. The zero-order chi connectivity index (χ0) is 13.1. The fraction of sp³-hybridized carbons (Fsp3) is 0.583. The smallest absolute Gasteiger partial charge is 0.150 e. The van der Waals surface area contributed by atoms with Gasteiger partial charge in [-0.15, -0.1) is 0 Å². The summed E-state index contributed by atoms with van der Waals surface area (Å²) in [6.07, 6.45) is 2.47. The molecule has 18 heavy (non-hydrogen) atoms. The van der Waals surface area contributed by atoms with Crippen molar-refractivity contribution in [2.45, 2.75) is 12.8 Å². The van der Waals surface area contributed by atoms with Crippen molar-refractivity contribution in [2.24, 2.45) is 5.92 Å². The predicted octanol–water partition coefficient (Wildman–Crippen LogP) is 3.80. The first-order chi connectivity index (χ1) is 8.56. The Morgan fingerprint density at radius 3 is 2.89 bits per heavy atom. The molecular formula is C12H16Cl3N3. The van der Waals surface area contributed by atoms with E-state index in [9.17, 15) is 0 Å². The van der Waals surface area contributed by atoms with Gasteiger partial charge in [0.15, 0.2) is 0 Å². The lowest BCUT2D eigenvalue weighted by Crippen LogP contribution is -2.35. The highest BCUT2D eigenvalue weighted by atomic mass is 35.5. The number of halogens is 3. The number of pyridine rings is 1. The van der Waals surface area contributed by atoms with Crippen LogP contribution in [0.2, 0.25) is 15.2 Å². The van der Waals surface area contributed by atoms with Crippen LogP contribution in [0.4, 0.5) is 5.82 Å². The molecule has 6 heteroatoms. The summed E-state index contributed by atoms with van der Waals surface area (Å²) in [5.74, 6) is 1.23. The molecule has 0 radical (unpaired) electrons. The maximum Gasteiger partial charge on any atom is 0.150 e. The first-order valence-electron chi connectivity index (χ1n) is 6.00. The fourth-order valence-electron chi connectivity index (χ4n) is 2.25. The Kier molecular flexibility index (Phi) is 4.96. The number of nitrogens with zero attached hydrogens (tertiary/aromatic N) is 2. The maximum atomic E-state index is 6.07. The molecule has 1 aliphatic rings. The summed E-state index contributed by atoms with van der Waals surface area (Å²) in [6.45, 7) is 3.14. The molecule has 0 bridgehead atoms. The molecule has 2 heterocycles. The molecule has 2 rings (SSSR count). The van der Waals surface area contributed by atoms with Crippen molar-refractivity contribution >= 4 is 40.6 Å². The summed E-state index contributed by atoms with van der Waals surface area (Å²) in [6, 6.07) is 1.62. The lowest BCUT2D eigenvalue weighted by molar-refractivity contribution is 0.217. The predicted molar refractivity (Wildman–Crippen MR) is 78.0 cm³/mol. The Morgan fingerprint density at radius 1 is 1.39 bits per heavy atom. The molecule has 1 aromatic rings. The average Bonchev–Trinajstić information content (AvgIpc) is 2.32. The van der Waals surface area contributed by atoms with Gasteiger partial charge in [-0.05, 0) is 38.4 Å². The Balaban J connectivity index is 1.95. The van der Waals surface area contributed by atoms with Gasteiger partial charge in [-0.1, -0.05) is 34.8 Å². The van der Waals surface area contributed by atoms with Crippen LogP contribution >= 0.6 is 34.8 Å². The van der Waals surface area contributed by atoms with Crippen LogP contribution in [0, 0.1) is 5.92 Å². The number of rotatable bonds is 3. The first-order valence-corrected chi connectivity index (χ1v) is 7.13. The van der Waals surface area contributed by atoms with Crippen molar-refractivity contribution in [3.63, 3.8) is 0 Å². The number of likely N-dealkylation sites (tertiary alicyclic amines) is 1.